The Morgan fingerprint density at radius 2 is 1.83 bits per heavy atom. The van der Waals surface area contributed by atoms with Crippen LogP contribution in [0.25, 0.3) is 0 Å². The highest BCUT2D eigenvalue weighted by Crippen LogP contribution is 2.24. The van der Waals surface area contributed by atoms with Gasteiger partial charge in [-0.25, -0.2) is 0 Å². The van der Waals surface area contributed by atoms with E-state index in [1.807, 2.05) is 12.1 Å². The number of rotatable bonds is 4. The number of quaternary nitrogens is 1. The van der Waals surface area contributed by atoms with Gasteiger partial charge in [0.25, 0.3) is 11.8 Å². The second-order valence-electron chi connectivity index (χ2n) is 6.18. The molecule has 2 aliphatic heterocycles. The Balaban J connectivity index is 1.46. The molecule has 1 aromatic carbocycles. The molecule has 118 valence electrons. The summed E-state index contributed by atoms with van der Waals surface area (Å²) in [4.78, 5) is 29.2. The first-order chi connectivity index (χ1) is 11.3. The molecule has 0 saturated carbocycles. The summed E-state index contributed by atoms with van der Waals surface area (Å²) >= 11 is 1.80. The molecule has 2 aliphatic rings. The Kier molecular flexibility index (Phi) is 3.75. The topological polar surface area (TPSA) is 41.8 Å². The van der Waals surface area contributed by atoms with Crippen LogP contribution < -0.4 is 4.90 Å². The molecular weight excluding hydrogens is 308 g/mol. The van der Waals surface area contributed by atoms with E-state index in [0.29, 0.717) is 23.7 Å². The predicted octanol–water partition coefficient (Wildman–Crippen LogP) is 1.76. The second kappa shape index (κ2) is 5.91. The quantitative estimate of drug-likeness (QED) is 0.870. The second-order valence-corrected chi connectivity index (χ2v) is 7.16. The number of fused-ring (bicyclic) bond motifs is 1. The van der Waals surface area contributed by atoms with Gasteiger partial charge in [0, 0.05) is 12.8 Å². The number of amides is 2. The van der Waals surface area contributed by atoms with E-state index in [0.717, 1.165) is 13.1 Å². The van der Waals surface area contributed by atoms with Gasteiger partial charge in [0.2, 0.25) is 0 Å². The molecule has 0 spiro atoms. The minimum absolute atomic E-state index is 0.142. The van der Waals surface area contributed by atoms with Crippen molar-refractivity contribution in [3.05, 3.63) is 57.8 Å². The van der Waals surface area contributed by atoms with Crippen molar-refractivity contribution in [3.8, 4) is 0 Å². The molecule has 5 heteroatoms. The molecule has 1 saturated heterocycles. The van der Waals surface area contributed by atoms with Crippen molar-refractivity contribution in [2.45, 2.75) is 18.9 Å². The molecule has 1 N–H and O–H groups in total. The third-order valence-electron chi connectivity index (χ3n) is 4.90. The van der Waals surface area contributed by atoms with Crippen LogP contribution in [-0.4, -0.2) is 36.3 Å². The number of thiophene rings is 1. The van der Waals surface area contributed by atoms with Gasteiger partial charge in [0.1, 0.15) is 6.04 Å². The first-order valence-corrected chi connectivity index (χ1v) is 8.97. The maximum Gasteiger partial charge on any atom is 0.261 e. The molecule has 2 aromatic rings. The number of likely N-dealkylation sites (tertiary alicyclic amines) is 1. The van der Waals surface area contributed by atoms with Crippen LogP contribution in [0.15, 0.2) is 41.8 Å². The highest BCUT2D eigenvalue weighted by Gasteiger charge is 2.37. The van der Waals surface area contributed by atoms with E-state index < -0.39 is 0 Å². The molecule has 23 heavy (non-hydrogen) atoms. The zero-order valence-electron chi connectivity index (χ0n) is 12.8. The highest BCUT2D eigenvalue weighted by atomic mass is 32.1. The van der Waals surface area contributed by atoms with Crippen LogP contribution in [0.1, 0.15) is 44.5 Å². The number of hydrogen-bond donors (Lipinski definition) is 1. The van der Waals surface area contributed by atoms with E-state index in [4.69, 9.17) is 0 Å². The number of hydrogen-bond acceptors (Lipinski definition) is 3. The standard InChI is InChI=1S/C18H18N2O2S/c21-17-13-5-1-2-6-14(13)18(22)20(17)11-10-19-9-3-7-15(19)16-8-4-12-23-16/h1-2,4-6,8,12,15H,3,7,9-11H2/p+1/t15-/m1/s1. The Hall–Kier alpha value is -1.98. The monoisotopic (exact) mass is 327 g/mol. The number of benzene rings is 1. The van der Waals surface area contributed by atoms with Gasteiger partial charge in [-0.1, -0.05) is 18.2 Å². The predicted molar refractivity (Wildman–Crippen MR) is 88.8 cm³/mol. The SMILES string of the molecule is O=C1c2ccccc2C(=O)N1CC[NH+]1CCC[C@@H]1c1cccs1. The normalized spacial score (nSPS) is 23.6. The van der Waals surface area contributed by atoms with Crippen molar-refractivity contribution in [1.29, 1.82) is 0 Å². The summed E-state index contributed by atoms with van der Waals surface area (Å²) in [5, 5.41) is 2.12. The lowest BCUT2D eigenvalue weighted by Crippen LogP contribution is -3.11. The summed E-state index contributed by atoms with van der Waals surface area (Å²) in [6.45, 7) is 2.45. The third-order valence-corrected chi connectivity index (χ3v) is 5.89. The van der Waals surface area contributed by atoms with Gasteiger partial charge >= 0.3 is 0 Å². The largest absolute Gasteiger partial charge is 0.327 e. The van der Waals surface area contributed by atoms with Crippen LogP contribution in [0, 0.1) is 0 Å². The number of carbonyl (C=O) groups excluding carboxylic acids is 2. The van der Waals surface area contributed by atoms with Crippen LogP contribution in [0.2, 0.25) is 0 Å². The smallest absolute Gasteiger partial charge is 0.261 e. The number of carbonyl (C=O) groups is 2. The van der Waals surface area contributed by atoms with Gasteiger partial charge in [-0.05, 0) is 23.6 Å². The van der Waals surface area contributed by atoms with Crippen molar-refractivity contribution in [2.75, 3.05) is 19.6 Å². The Morgan fingerprint density at radius 1 is 1.09 bits per heavy atom. The molecule has 1 unspecified atom stereocenters. The summed E-state index contributed by atoms with van der Waals surface area (Å²) in [6, 6.07) is 11.9. The van der Waals surface area contributed by atoms with Gasteiger partial charge in [-0.3, -0.25) is 14.5 Å². The lowest BCUT2D eigenvalue weighted by Gasteiger charge is -2.23. The van der Waals surface area contributed by atoms with Gasteiger partial charge in [-0.2, -0.15) is 0 Å². The van der Waals surface area contributed by atoms with Crippen molar-refractivity contribution >= 4 is 23.2 Å². The van der Waals surface area contributed by atoms with Crippen molar-refractivity contribution in [2.24, 2.45) is 0 Å². The van der Waals surface area contributed by atoms with E-state index >= 15 is 0 Å². The van der Waals surface area contributed by atoms with E-state index in [-0.39, 0.29) is 11.8 Å². The minimum Gasteiger partial charge on any atom is -0.327 e. The Bertz CT molecular complexity index is 706. The van der Waals surface area contributed by atoms with Crippen molar-refractivity contribution < 1.29 is 14.5 Å². The summed E-state index contributed by atoms with van der Waals surface area (Å²) < 4.78 is 0. The molecule has 2 atom stereocenters. The van der Waals surface area contributed by atoms with Crippen LogP contribution >= 0.6 is 11.3 Å². The van der Waals surface area contributed by atoms with Gasteiger partial charge in [-0.15, -0.1) is 11.3 Å². The van der Waals surface area contributed by atoms with E-state index in [2.05, 4.69) is 17.5 Å². The van der Waals surface area contributed by atoms with Crippen LogP contribution in [0.3, 0.4) is 0 Å². The molecule has 0 radical (unpaired) electrons. The van der Waals surface area contributed by atoms with Crippen molar-refractivity contribution in [1.82, 2.24) is 4.90 Å². The average molecular weight is 327 g/mol. The lowest BCUT2D eigenvalue weighted by molar-refractivity contribution is -0.917. The first kappa shape index (κ1) is 14.6. The van der Waals surface area contributed by atoms with Crippen molar-refractivity contribution in [3.63, 3.8) is 0 Å². The number of imide groups is 1. The zero-order chi connectivity index (χ0) is 15.8. The lowest BCUT2D eigenvalue weighted by atomic mass is 10.1. The third kappa shape index (κ3) is 2.50. The summed E-state index contributed by atoms with van der Waals surface area (Å²) in [5.74, 6) is -0.284. The molecule has 0 aliphatic carbocycles. The summed E-state index contributed by atoms with van der Waals surface area (Å²) in [6.07, 6.45) is 2.40. The fourth-order valence-electron chi connectivity index (χ4n) is 3.74. The maximum atomic E-state index is 12.4. The van der Waals surface area contributed by atoms with Gasteiger partial charge in [0.05, 0.1) is 35.6 Å². The van der Waals surface area contributed by atoms with E-state index in [1.54, 1.807) is 23.5 Å². The van der Waals surface area contributed by atoms with Crippen LogP contribution in [-0.2, 0) is 0 Å². The number of nitrogens with zero attached hydrogens (tertiary/aromatic N) is 1. The fourth-order valence-corrected chi connectivity index (χ4v) is 4.66. The van der Waals surface area contributed by atoms with E-state index in [9.17, 15) is 9.59 Å². The maximum absolute atomic E-state index is 12.4. The van der Waals surface area contributed by atoms with Crippen LogP contribution in [0.4, 0.5) is 0 Å². The summed E-state index contributed by atoms with van der Waals surface area (Å²) in [7, 11) is 0. The average Bonchev–Trinajstić information content (AvgIpc) is 3.28. The molecular formula is C18H19N2O2S+. The molecule has 1 aromatic heterocycles. The molecule has 0 bridgehead atoms. The first-order valence-electron chi connectivity index (χ1n) is 8.09. The highest BCUT2D eigenvalue weighted by molar-refractivity contribution is 7.10. The molecule has 4 rings (SSSR count). The van der Waals surface area contributed by atoms with Gasteiger partial charge < -0.3 is 4.90 Å². The molecule has 3 heterocycles. The zero-order valence-corrected chi connectivity index (χ0v) is 13.6. The van der Waals surface area contributed by atoms with Crippen LogP contribution in [0.5, 0.6) is 0 Å². The Morgan fingerprint density at radius 3 is 2.48 bits per heavy atom. The minimum atomic E-state index is -0.142. The fraction of sp³-hybridized carbons (Fsp3) is 0.333. The van der Waals surface area contributed by atoms with E-state index in [1.165, 1.54) is 27.5 Å². The molecule has 2 amide bonds. The number of nitrogens with one attached hydrogen (secondary N) is 1. The molecule has 1 fully saturated rings. The molecule has 4 nitrogen and oxygen atoms in total. The Labute approximate surface area is 139 Å². The van der Waals surface area contributed by atoms with Gasteiger partial charge in [0.15, 0.2) is 0 Å². The summed E-state index contributed by atoms with van der Waals surface area (Å²) in [5.41, 5.74) is 1.09.